The summed E-state index contributed by atoms with van der Waals surface area (Å²) in [5, 5.41) is 17.6. The van der Waals surface area contributed by atoms with Gasteiger partial charge < -0.3 is 14.6 Å². The second-order valence-electron chi connectivity index (χ2n) is 3.93. The van der Waals surface area contributed by atoms with Gasteiger partial charge in [0.2, 0.25) is 0 Å². The van der Waals surface area contributed by atoms with Crippen LogP contribution in [0.1, 0.15) is 6.23 Å². The molecule has 2 saturated heterocycles. The summed E-state index contributed by atoms with van der Waals surface area (Å²) in [5.74, 6) is 0.0659. The Morgan fingerprint density at radius 3 is 2.88 bits per heavy atom. The lowest BCUT2D eigenvalue weighted by atomic mass is 10.2. The Hall–Kier alpha value is -1.48. The van der Waals surface area contributed by atoms with E-state index in [9.17, 15) is 4.79 Å². The van der Waals surface area contributed by atoms with Crippen molar-refractivity contribution in [2.45, 2.75) is 24.5 Å². The number of ether oxygens (including phenoxy) is 2. The fourth-order valence-corrected chi connectivity index (χ4v) is 2.04. The first-order valence-corrected chi connectivity index (χ1v) is 5.15. The molecule has 3 heterocycles. The number of fused-ring (bicyclic) bond motifs is 1. The topological polar surface area (TPSA) is 109 Å². The van der Waals surface area contributed by atoms with E-state index in [1.165, 1.54) is 16.8 Å². The van der Waals surface area contributed by atoms with Gasteiger partial charge in [-0.15, -0.1) is 0 Å². The first-order chi connectivity index (χ1) is 8.24. The molecule has 1 aromatic rings. The Balaban J connectivity index is 1.88. The van der Waals surface area contributed by atoms with Crippen molar-refractivity contribution >= 4 is 5.82 Å². The maximum atomic E-state index is 11.6. The molecule has 17 heavy (non-hydrogen) atoms. The summed E-state index contributed by atoms with van der Waals surface area (Å²) in [6, 6.07) is 1.44. The molecule has 0 bridgehead atoms. The molecular formula is C9H11N3O5. The number of nitrogens with zero attached hydrogens (tertiary/aromatic N) is 2. The van der Waals surface area contributed by atoms with Crippen molar-refractivity contribution in [3.8, 4) is 0 Å². The minimum absolute atomic E-state index is 0.0659. The summed E-state index contributed by atoms with van der Waals surface area (Å²) in [4.78, 5) is 15.2. The van der Waals surface area contributed by atoms with Gasteiger partial charge in [-0.05, 0) is 6.07 Å². The normalized spacial score (nSPS) is 34.5. The standard InChI is InChI=1S/C9H11N3O5/c13-3-4-6-7(17-6)8(16-4)12-2-1-5(11-15)10-9(12)14/h1-2,4,6-8,13,15H,3H2,(H,10,11,14)/t4-,6?,7?,8-/m1/s1. The highest BCUT2D eigenvalue weighted by Gasteiger charge is 2.58. The fourth-order valence-electron chi connectivity index (χ4n) is 2.04. The quantitative estimate of drug-likeness (QED) is 0.445. The average Bonchev–Trinajstić information content (AvgIpc) is 3.05. The van der Waals surface area contributed by atoms with Crippen molar-refractivity contribution in [1.82, 2.24) is 9.55 Å². The van der Waals surface area contributed by atoms with Crippen LogP contribution in [0.5, 0.6) is 0 Å². The Kier molecular flexibility index (Phi) is 2.37. The third-order valence-electron chi connectivity index (χ3n) is 2.92. The lowest BCUT2D eigenvalue weighted by Crippen LogP contribution is -2.31. The average molecular weight is 241 g/mol. The molecule has 0 radical (unpaired) electrons. The maximum absolute atomic E-state index is 11.6. The van der Waals surface area contributed by atoms with Crippen molar-refractivity contribution in [3.63, 3.8) is 0 Å². The van der Waals surface area contributed by atoms with Crippen LogP contribution in [0.25, 0.3) is 0 Å². The minimum Gasteiger partial charge on any atom is -0.394 e. The zero-order valence-electron chi connectivity index (χ0n) is 8.68. The molecule has 0 aliphatic carbocycles. The number of aliphatic hydroxyl groups excluding tert-OH is 1. The SMILES string of the molecule is O=c1nc(NO)ccn1[C@@H]1O[C@H](CO)C2OC21. The maximum Gasteiger partial charge on any atom is 0.351 e. The van der Waals surface area contributed by atoms with E-state index < -0.39 is 18.0 Å². The first kappa shape index (κ1) is 10.7. The van der Waals surface area contributed by atoms with Crippen molar-refractivity contribution in [2.75, 3.05) is 12.1 Å². The van der Waals surface area contributed by atoms with Crippen LogP contribution in [0.3, 0.4) is 0 Å². The molecule has 3 rings (SSSR count). The Labute approximate surface area is 95.4 Å². The molecule has 2 unspecified atom stereocenters. The molecule has 2 aliphatic heterocycles. The highest BCUT2D eigenvalue weighted by Crippen LogP contribution is 2.44. The molecule has 2 fully saturated rings. The van der Waals surface area contributed by atoms with E-state index >= 15 is 0 Å². The molecule has 0 amide bonds. The predicted octanol–water partition coefficient (Wildman–Crippen LogP) is -1.30. The molecule has 4 atom stereocenters. The smallest absolute Gasteiger partial charge is 0.351 e. The molecule has 3 N–H and O–H groups in total. The van der Waals surface area contributed by atoms with Crippen LogP contribution < -0.4 is 11.2 Å². The largest absolute Gasteiger partial charge is 0.394 e. The number of rotatable bonds is 3. The van der Waals surface area contributed by atoms with E-state index in [1.807, 2.05) is 0 Å². The number of aromatic nitrogens is 2. The second-order valence-corrected chi connectivity index (χ2v) is 3.93. The summed E-state index contributed by atoms with van der Waals surface area (Å²) < 4.78 is 12.1. The predicted molar refractivity (Wildman–Crippen MR) is 53.6 cm³/mol. The van der Waals surface area contributed by atoms with E-state index in [1.54, 1.807) is 5.48 Å². The van der Waals surface area contributed by atoms with E-state index in [0.717, 1.165) is 0 Å². The van der Waals surface area contributed by atoms with Crippen molar-refractivity contribution < 1.29 is 19.8 Å². The van der Waals surface area contributed by atoms with Gasteiger partial charge in [-0.25, -0.2) is 4.79 Å². The molecule has 0 aromatic carbocycles. The number of nitrogens with one attached hydrogen (secondary N) is 1. The first-order valence-electron chi connectivity index (χ1n) is 5.15. The van der Waals surface area contributed by atoms with Gasteiger partial charge in [-0.3, -0.25) is 15.3 Å². The summed E-state index contributed by atoms with van der Waals surface area (Å²) in [6.07, 6.45) is 0.140. The molecule has 92 valence electrons. The zero-order valence-corrected chi connectivity index (χ0v) is 8.68. The Bertz CT molecular complexity index is 490. The zero-order chi connectivity index (χ0) is 12.0. The van der Waals surface area contributed by atoms with Crippen LogP contribution in [0.15, 0.2) is 17.1 Å². The number of hydrogen-bond acceptors (Lipinski definition) is 7. The molecule has 0 spiro atoms. The second kappa shape index (κ2) is 3.77. The number of anilines is 1. The molecular weight excluding hydrogens is 230 g/mol. The van der Waals surface area contributed by atoms with Crippen LogP contribution in [-0.2, 0) is 9.47 Å². The third-order valence-corrected chi connectivity index (χ3v) is 2.92. The van der Waals surface area contributed by atoms with Crippen LogP contribution in [-0.4, -0.2) is 44.8 Å². The molecule has 1 aromatic heterocycles. The number of aliphatic hydroxyl groups is 1. The highest BCUT2D eigenvalue weighted by atomic mass is 16.7. The van der Waals surface area contributed by atoms with Crippen LogP contribution >= 0.6 is 0 Å². The Morgan fingerprint density at radius 2 is 2.29 bits per heavy atom. The molecule has 8 heteroatoms. The van der Waals surface area contributed by atoms with Crippen molar-refractivity contribution in [1.29, 1.82) is 0 Å². The lowest BCUT2D eigenvalue weighted by Gasteiger charge is -2.17. The van der Waals surface area contributed by atoms with E-state index in [2.05, 4.69) is 4.98 Å². The van der Waals surface area contributed by atoms with E-state index in [0.29, 0.717) is 0 Å². The third kappa shape index (κ3) is 1.62. The summed E-state index contributed by atoms with van der Waals surface area (Å²) in [7, 11) is 0. The van der Waals surface area contributed by atoms with Crippen LogP contribution in [0.2, 0.25) is 0 Å². The fraction of sp³-hybridized carbons (Fsp3) is 0.556. The van der Waals surface area contributed by atoms with E-state index in [-0.39, 0.29) is 24.6 Å². The summed E-state index contributed by atoms with van der Waals surface area (Å²) >= 11 is 0. The molecule has 0 saturated carbocycles. The monoisotopic (exact) mass is 241 g/mol. The van der Waals surface area contributed by atoms with Gasteiger partial charge in [0.15, 0.2) is 12.0 Å². The highest BCUT2D eigenvalue weighted by molar-refractivity contribution is 5.28. The summed E-state index contributed by atoms with van der Waals surface area (Å²) in [5.41, 5.74) is 1.24. The van der Waals surface area contributed by atoms with Gasteiger partial charge in [-0.2, -0.15) is 4.98 Å². The van der Waals surface area contributed by atoms with Gasteiger partial charge in [0.25, 0.3) is 0 Å². The Morgan fingerprint density at radius 1 is 1.47 bits per heavy atom. The van der Waals surface area contributed by atoms with Gasteiger partial charge in [0.1, 0.15) is 18.3 Å². The summed E-state index contributed by atoms with van der Waals surface area (Å²) in [6.45, 7) is -0.143. The van der Waals surface area contributed by atoms with Gasteiger partial charge in [0, 0.05) is 6.20 Å². The van der Waals surface area contributed by atoms with Crippen molar-refractivity contribution in [3.05, 3.63) is 22.7 Å². The van der Waals surface area contributed by atoms with Gasteiger partial charge in [0.05, 0.1) is 6.61 Å². The van der Waals surface area contributed by atoms with Gasteiger partial charge in [-0.1, -0.05) is 0 Å². The van der Waals surface area contributed by atoms with Crippen LogP contribution in [0, 0.1) is 0 Å². The van der Waals surface area contributed by atoms with Crippen molar-refractivity contribution in [2.24, 2.45) is 0 Å². The van der Waals surface area contributed by atoms with E-state index in [4.69, 9.17) is 19.8 Å². The number of hydrogen-bond donors (Lipinski definition) is 3. The lowest BCUT2D eigenvalue weighted by molar-refractivity contribution is -0.0855. The van der Waals surface area contributed by atoms with Gasteiger partial charge >= 0.3 is 5.69 Å². The number of epoxide rings is 1. The minimum atomic E-state index is -0.565. The molecule has 2 aliphatic rings. The molecule has 8 nitrogen and oxygen atoms in total. The van der Waals surface area contributed by atoms with Crippen LogP contribution in [0.4, 0.5) is 5.82 Å².